The summed E-state index contributed by atoms with van der Waals surface area (Å²) in [5, 5.41) is 35.1. The van der Waals surface area contributed by atoms with Gasteiger partial charge < -0.3 is 14.7 Å². The van der Waals surface area contributed by atoms with E-state index < -0.39 is 16.2 Å². The van der Waals surface area contributed by atoms with Crippen LogP contribution in [0.25, 0.3) is 33.4 Å². The first-order valence-electron chi connectivity index (χ1n) is 42.4. The molecule has 0 N–H and O–H groups in total. The summed E-state index contributed by atoms with van der Waals surface area (Å²) in [7, 11) is 0. The van der Waals surface area contributed by atoms with Crippen molar-refractivity contribution in [3.8, 4) is 51.6 Å². The third-order valence-corrected chi connectivity index (χ3v) is 27.2. The molecule has 0 radical (unpaired) electrons. The predicted octanol–water partition coefficient (Wildman–Crippen LogP) is 29.0. The van der Waals surface area contributed by atoms with Crippen LogP contribution in [-0.4, -0.2) is 0 Å². The smallest absolute Gasteiger partial charge is 0.0991 e. The van der Waals surface area contributed by atoms with Crippen LogP contribution in [0.4, 0.5) is 51.2 Å². The minimum absolute atomic E-state index is 0.461. The van der Waals surface area contributed by atoms with E-state index in [9.17, 15) is 15.8 Å². The minimum Gasteiger partial charge on any atom is -0.310 e. The Kier molecular flexibility index (Phi) is 18.3. The summed E-state index contributed by atoms with van der Waals surface area (Å²) in [6, 6.07) is 112. The Labute approximate surface area is 673 Å². The first kappa shape index (κ1) is 72.0. The second-order valence-corrected chi connectivity index (χ2v) is 32.8. The maximum atomic E-state index is 11.7. The van der Waals surface area contributed by atoms with Crippen LogP contribution < -0.4 is 14.7 Å². The lowest BCUT2D eigenvalue weighted by Crippen LogP contribution is -2.39. The number of rotatable bonds is 21. The van der Waals surface area contributed by atoms with Crippen molar-refractivity contribution in [1.29, 1.82) is 15.8 Å². The number of nitrogens with zero attached hydrogens (tertiary/aromatic N) is 6. The van der Waals surface area contributed by atoms with Crippen molar-refractivity contribution >= 4 is 51.2 Å². The molecule has 3 aliphatic carbocycles. The van der Waals surface area contributed by atoms with Gasteiger partial charge in [-0.05, 0) is 282 Å². The lowest BCUT2D eigenvalue weighted by atomic mass is 9.58. The maximum Gasteiger partial charge on any atom is 0.0991 e. The van der Waals surface area contributed by atoms with Gasteiger partial charge in [-0.2, -0.15) is 15.8 Å². The fourth-order valence-electron chi connectivity index (χ4n) is 22.2. The quantitative estimate of drug-likeness (QED) is 0.0667. The van der Waals surface area contributed by atoms with Crippen LogP contribution in [0.2, 0.25) is 0 Å². The molecule has 13 aromatic carbocycles. The van der Waals surface area contributed by atoms with Crippen LogP contribution in [0.3, 0.4) is 0 Å². The number of hydrogen-bond acceptors (Lipinski definition) is 6. The average Bonchev–Trinajstić information content (AvgIpc) is 1.45. The van der Waals surface area contributed by atoms with Gasteiger partial charge in [0.2, 0.25) is 0 Å². The van der Waals surface area contributed by atoms with E-state index in [1.54, 1.807) is 0 Å². The highest BCUT2D eigenvalue weighted by Crippen LogP contribution is 2.77. The zero-order chi connectivity index (χ0) is 77.6. The molecular formula is C108H96N6. The van der Waals surface area contributed by atoms with Crippen molar-refractivity contribution in [2.75, 3.05) is 14.7 Å². The predicted molar refractivity (Wildman–Crippen MR) is 469 cm³/mol. The van der Waals surface area contributed by atoms with E-state index in [4.69, 9.17) is 0 Å². The zero-order valence-electron chi connectivity index (χ0n) is 66.5. The molecule has 19 rings (SSSR count). The molecule has 3 atom stereocenters. The first-order valence-corrected chi connectivity index (χ1v) is 42.4. The van der Waals surface area contributed by atoms with Crippen LogP contribution in [0.15, 0.2) is 273 Å². The first-order chi connectivity index (χ1) is 56.2. The number of anilines is 9. The summed E-state index contributed by atoms with van der Waals surface area (Å²) in [5.74, 6) is 1.38. The van der Waals surface area contributed by atoms with Gasteiger partial charge in [0.1, 0.15) is 0 Å². The number of hydrogen-bond donors (Lipinski definition) is 0. The molecule has 13 aromatic rings. The van der Waals surface area contributed by atoms with Crippen molar-refractivity contribution in [2.45, 2.75) is 172 Å². The van der Waals surface area contributed by atoms with Crippen LogP contribution in [0, 0.1) is 34.0 Å². The normalized spacial score (nSPS) is 15.1. The molecule has 6 aliphatic rings. The standard InChI is InChI=1S/C108H96N6/c1-7-13-16-31-73(10-4)76-49-55-79(56-50-76)112-94-40-25-19-34-85(94)106(86-35-20-26-41-95(86)112)91-64-70(67-109)46-61-82(91)100-103(106)101-83-62-47-71(68-110)65-92(83)107(87-36-21-27-42-96(87)113(97-43-28-22-37-88(97)107)80-57-51-77(52-58-80)74(11-5)32-17-14-8-2)105(101)102-84-63-48-72(69-111)66-93(84)108(104(100)102)89-38-23-29-44-98(89)114(99-45-30-24-39-90(99)108)81-59-53-78(54-60-81)75(12-6)33-18-15-9-3/h19-30,34-66,73-75H,7-18,31-33H2,1-6H3. The molecule has 6 nitrogen and oxygen atoms in total. The summed E-state index contributed by atoms with van der Waals surface area (Å²) < 4.78 is 0. The largest absolute Gasteiger partial charge is 0.310 e. The molecule has 3 unspecified atom stereocenters. The molecule has 0 aromatic heterocycles. The summed E-state index contributed by atoms with van der Waals surface area (Å²) >= 11 is 0. The number of benzene rings is 13. The van der Waals surface area contributed by atoms with Gasteiger partial charge in [0, 0.05) is 17.1 Å². The lowest BCUT2D eigenvalue weighted by molar-refractivity contribution is 0.553. The molecule has 3 spiro atoms. The Bertz CT molecular complexity index is 5340. The van der Waals surface area contributed by atoms with Gasteiger partial charge in [-0.25, -0.2) is 0 Å². The SMILES string of the molecule is CCCCCC(CC)c1ccc(N2c3ccccc3C3(c4cc(C#N)ccc4-c4c3c3c(c5c4C4(c6cc(C#N)ccc6-5)c5ccccc5N(c5ccc(C(CC)CCCCC)cc5)c5ccccc54)C4(c5cc(C#N)ccc5-3)c3ccccc3N(c3ccc(C(CC)CCCCC)cc3)c3ccccc34)c3ccccc32)cc1. The van der Waals surface area contributed by atoms with Crippen LogP contribution in [0.1, 0.15) is 256 Å². The minimum atomic E-state index is -1.14. The zero-order valence-corrected chi connectivity index (χ0v) is 66.5. The molecule has 0 bridgehead atoms. The highest BCUT2D eigenvalue weighted by atomic mass is 15.2. The van der Waals surface area contributed by atoms with E-state index in [0.29, 0.717) is 34.4 Å². The third-order valence-electron chi connectivity index (χ3n) is 27.2. The van der Waals surface area contributed by atoms with Crippen molar-refractivity contribution in [2.24, 2.45) is 0 Å². The fraction of sp³-hybridized carbons (Fsp3) is 0.250. The summed E-state index contributed by atoms with van der Waals surface area (Å²) in [4.78, 5) is 7.54. The van der Waals surface area contributed by atoms with Gasteiger partial charge in [-0.1, -0.05) is 263 Å². The Balaban J connectivity index is 0.980. The van der Waals surface area contributed by atoms with Crippen LogP contribution in [-0.2, 0) is 16.2 Å². The molecule has 6 heteroatoms. The summed E-state index contributed by atoms with van der Waals surface area (Å²) in [6.07, 6.45) is 17.6. The second kappa shape index (κ2) is 29.0. The van der Waals surface area contributed by atoms with E-state index in [0.717, 1.165) is 190 Å². The van der Waals surface area contributed by atoms with Gasteiger partial charge in [-0.15, -0.1) is 0 Å². The highest BCUT2D eigenvalue weighted by molar-refractivity contribution is 6.13. The Hall–Kier alpha value is -12.3. The number of para-hydroxylation sites is 6. The van der Waals surface area contributed by atoms with Gasteiger partial charge in [0.15, 0.2) is 0 Å². The molecular weight excluding hydrogens is 1380 g/mol. The number of fused-ring (bicyclic) bond motifs is 30. The Morgan fingerprint density at radius 2 is 0.491 bits per heavy atom. The maximum absolute atomic E-state index is 11.7. The summed E-state index contributed by atoms with van der Waals surface area (Å²) in [6.45, 7) is 13.9. The monoisotopic (exact) mass is 1480 g/mol. The van der Waals surface area contributed by atoms with Gasteiger partial charge in [0.05, 0.1) is 85.3 Å². The summed E-state index contributed by atoms with van der Waals surface area (Å²) in [5.41, 5.74) is 31.6. The second-order valence-electron chi connectivity index (χ2n) is 32.8. The Morgan fingerprint density at radius 1 is 0.263 bits per heavy atom. The van der Waals surface area contributed by atoms with E-state index in [1.165, 1.54) is 74.5 Å². The van der Waals surface area contributed by atoms with E-state index >= 15 is 0 Å². The molecule has 114 heavy (non-hydrogen) atoms. The number of nitriles is 3. The van der Waals surface area contributed by atoms with Crippen LogP contribution >= 0.6 is 0 Å². The highest BCUT2D eigenvalue weighted by Gasteiger charge is 2.65. The van der Waals surface area contributed by atoms with Crippen molar-refractivity contribution in [3.05, 3.63) is 373 Å². The van der Waals surface area contributed by atoms with Crippen molar-refractivity contribution in [1.82, 2.24) is 0 Å². The molecule has 0 amide bonds. The fourth-order valence-corrected chi connectivity index (χ4v) is 22.2. The molecule has 558 valence electrons. The molecule has 3 aliphatic heterocycles. The van der Waals surface area contributed by atoms with Gasteiger partial charge in [0.25, 0.3) is 0 Å². The lowest BCUT2D eigenvalue weighted by Gasteiger charge is -2.48. The van der Waals surface area contributed by atoms with E-state index in [-0.39, 0.29) is 0 Å². The topological polar surface area (TPSA) is 81.1 Å². The van der Waals surface area contributed by atoms with E-state index in [2.05, 4.69) is 347 Å². The molecule has 3 heterocycles. The molecule has 0 saturated heterocycles. The van der Waals surface area contributed by atoms with Crippen molar-refractivity contribution < 1.29 is 0 Å². The van der Waals surface area contributed by atoms with Crippen molar-refractivity contribution in [3.63, 3.8) is 0 Å². The molecule has 0 fully saturated rings. The molecule has 0 saturated carbocycles. The number of unbranched alkanes of at least 4 members (excludes halogenated alkanes) is 6. The van der Waals surface area contributed by atoms with E-state index in [1.807, 2.05) is 0 Å². The van der Waals surface area contributed by atoms with Gasteiger partial charge in [-0.3, -0.25) is 0 Å². The third kappa shape index (κ3) is 10.4. The van der Waals surface area contributed by atoms with Crippen LogP contribution in [0.5, 0.6) is 0 Å². The average molecular weight is 1480 g/mol. The Morgan fingerprint density at radius 3 is 0.702 bits per heavy atom. The van der Waals surface area contributed by atoms with Gasteiger partial charge >= 0.3 is 0 Å².